The summed E-state index contributed by atoms with van der Waals surface area (Å²) in [6, 6.07) is 8.04. The number of hydrogen-bond acceptors (Lipinski definition) is 3. The third kappa shape index (κ3) is 5.36. The number of hydrazine groups is 1. The summed E-state index contributed by atoms with van der Waals surface area (Å²) in [6.07, 6.45) is 2.18. The minimum absolute atomic E-state index is 0.0154. The average molecular weight is 236 g/mol. The molecule has 0 aliphatic heterocycles. The molecule has 0 aliphatic rings. The highest BCUT2D eigenvalue weighted by atomic mass is 16.5. The molecule has 0 heterocycles. The topological polar surface area (TPSA) is 50.4 Å². The van der Waals surface area contributed by atoms with Gasteiger partial charge in [0.25, 0.3) is 0 Å². The van der Waals surface area contributed by atoms with Crippen LogP contribution in [0.2, 0.25) is 0 Å². The van der Waals surface area contributed by atoms with Crippen LogP contribution < -0.4 is 15.6 Å². The third-order valence-electron chi connectivity index (χ3n) is 2.39. The molecular weight excluding hydrogens is 216 g/mol. The molecule has 2 N–H and O–H groups in total. The van der Waals surface area contributed by atoms with Crippen LogP contribution in [0.15, 0.2) is 24.3 Å². The van der Waals surface area contributed by atoms with Gasteiger partial charge in [0.1, 0.15) is 5.75 Å². The van der Waals surface area contributed by atoms with Crippen molar-refractivity contribution in [1.82, 2.24) is 10.9 Å². The maximum absolute atomic E-state index is 11.1. The monoisotopic (exact) mass is 236 g/mol. The Kier molecular flexibility index (Phi) is 6.10. The van der Waals surface area contributed by atoms with E-state index in [0.29, 0.717) is 19.4 Å². The van der Waals surface area contributed by atoms with E-state index in [0.717, 1.165) is 12.2 Å². The van der Waals surface area contributed by atoms with E-state index in [9.17, 15) is 4.79 Å². The number of benzene rings is 1. The second-order valence-corrected chi connectivity index (χ2v) is 3.75. The number of hydrogen-bond donors (Lipinski definition) is 2. The average Bonchev–Trinajstić information content (AvgIpc) is 2.35. The van der Waals surface area contributed by atoms with Gasteiger partial charge >= 0.3 is 0 Å². The van der Waals surface area contributed by atoms with Crippen LogP contribution in [0.4, 0.5) is 0 Å². The van der Waals surface area contributed by atoms with Gasteiger partial charge in [0.2, 0.25) is 5.91 Å². The lowest BCUT2D eigenvalue weighted by atomic mass is 10.2. The fraction of sp³-hybridized carbons (Fsp3) is 0.462. The molecule has 0 saturated heterocycles. The highest BCUT2D eigenvalue weighted by molar-refractivity contribution is 5.75. The fourth-order valence-electron chi connectivity index (χ4n) is 1.48. The molecule has 1 amide bonds. The number of rotatable bonds is 7. The number of amides is 1. The minimum Gasteiger partial charge on any atom is -0.494 e. The molecule has 17 heavy (non-hydrogen) atoms. The van der Waals surface area contributed by atoms with Gasteiger partial charge in [-0.15, -0.1) is 0 Å². The van der Waals surface area contributed by atoms with Crippen LogP contribution in [-0.2, 0) is 11.2 Å². The van der Waals surface area contributed by atoms with Crippen molar-refractivity contribution < 1.29 is 9.53 Å². The normalized spacial score (nSPS) is 10.0. The van der Waals surface area contributed by atoms with Crippen LogP contribution in [0.25, 0.3) is 0 Å². The zero-order valence-corrected chi connectivity index (χ0v) is 10.5. The number of ether oxygens (including phenoxy) is 1. The van der Waals surface area contributed by atoms with Crippen molar-refractivity contribution in [2.24, 2.45) is 0 Å². The second kappa shape index (κ2) is 7.68. The van der Waals surface area contributed by atoms with Crippen LogP contribution in [-0.4, -0.2) is 19.6 Å². The van der Waals surface area contributed by atoms with Gasteiger partial charge in [-0.3, -0.25) is 10.2 Å². The highest BCUT2D eigenvalue weighted by Gasteiger charge is 2.00. The smallest absolute Gasteiger partial charge is 0.234 e. The molecule has 0 bridgehead atoms. The Balaban J connectivity index is 2.24. The summed E-state index contributed by atoms with van der Waals surface area (Å²) in [5.74, 6) is 0.858. The predicted molar refractivity (Wildman–Crippen MR) is 67.8 cm³/mol. The van der Waals surface area contributed by atoms with Gasteiger partial charge in [-0.1, -0.05) is 19.1 Å². The molecule has 0 spiro atoms. The molecule has 0 saturated carbocycles. The molecule has 4 heteroatoms. The summed E-state index contributed by atoms with van der Waals surface area (Å²) in [5.41, 5.74) is 6.38. The van der Waals surface area contributed by atoms with Gasteiger partial charge in [-0.25, -0.2) is 5.43 Å². The SMILES string of the molecule is CCc1cccc(OCCCC(=O)NNC)c1. The summed E-state index contributed by atoms with van der Waals surface area (Å²) in [5, 5.41) is 0. The first kappa shape index (κ1) is 13.5. The van der Waals surface area contributed by atoms with E-state index >= 15 is 0 Å². The first-order valence-electron chi connectivity index (χ1n) is 5.93. The molecule has 1 aromatic carbocycles. The number of aryl methyl sites for hydroxylation is 1. The summed E-state index contributed by atoms with van der Waals surface area (Å²) in [7, 11) is 1.67. The molecule has 1 aromatic rings. The van der Waals surface area contributed by atoms with Crippen molar-refractivity contribution in [2.45, 2.75) is 26.2 Å². The lowest BCUT2D eigenvalue weighted by Gasteiger charge is -2.07. The van der Waals surface area contributed by atoms with Crippen molar-refractivity contribution in [2.75, 3.05) is 13.7 Å². The van der Waals surface area contributed by atoms with Gasteiger partial charge in [-0.2, -0.15) is 0 Å². The van der Waals surface area contributed by atoms with E-state index in [4.69, 9.17) is 4.74 Å². The number of carbonyl (C=O) groups excluding carboxylic acids is 1. The second-order valence-electron chi connectivity index (χ2n) is 3.75. The standard InChI is InChI=1S/C13H20N2O2/c1-3-11-6-4-7-12(10-11)17-9-5-8-13(16)15-14-2/h4,6-7,10,14H,3,5,8-9H2,1-2H3,(H,15,16). The van der Waals surface area contributed by atoms with E-state index in [1.807, 2.05) is 18.2 Å². The fourth-order valence-corrected chi connectivity index (χ4v) is 1.48. The Labute approximate surface area is 102 Å². The summed E-state index contributed by atoms with van der Waals surface area (Å²) in [4.78, 5) is 11.1. The third-order valence-corrected chi connectivity index (χ3v) is 2.39. The molecule has 0 unspecified atom stereocenters. The lowest BCUT2D eigenvalue weighted by molar-refractivity contribution is -0.122. The number of carbonyl (C=O) groups is 1. The van der Waals surface area contributed by atoms with Crippen molar-refractivity contribution in [3.63, 3.8) is 0 Å². The number of nitrogens with one attached hydrogen (secondary N) is 2. The zero-order chi connectivity index (χ0) is 12.5. The molecule has 0 atom stereocenters. The van der Waals surface area contributed by atoms with Crippen molar-refractivity contribution in [3.8, 4) is 5.75 Å². The minimum atomic E-state index is -0.0154. The van der Waals surface area contributed by atoms with Crippen molar-refractivity contribution in [3.05, 3.63) is 29.8 Å². The van der Waals surface area contributed by atoms with Crippen LogP contribution in [0.5, 0.6) is 5.75 Å². The molecular formula is C13H20N2O2. The highest BCUT2D eigenvalue weighted by Crippen LogP contribution is 2.13. The van der Waals surface area contributed by atoms with E-state index in [-0.39, 0.29) is 5.91 Å². The quantitative estimate of drug-likeness (QED) is 0.559. The van der Waals surface area contributed by atoms with Crippen LogP contribution >= 0.6 is 0 Å². The predicted octanol–water partition coefficient (Wildman–Crippen LogP) is 1.66. The van der Waals surface area contributed by atoms with E-state index < -0.39 is 0 Å². The lowest BCUT2D eigenvalue weighted by Crippen LogP contribution is -2.34. The van der Waals surface area contributed by atoms with Crippen molar-refractivity contribution >= 4 is 5.91 Å². The summed E-state index contributed by atoms with van der Waals surface area (Å²) < 4.78 is 5.58. The molecule has 0 fully saturated rings. The van der Waals surface area contributed by atoms with Gasteiger partial charge < -0.3 is 4.74 Å². The van der Waals surface area contributed by atoms with Gasteiger partial charge in [-0.05, 0) is 30.5 Å². The molecule has 94 valence electrons. The summed E-state index contributed by atoms with van der Waals surface area (Å²) in [6.45, 7) is 2.67. The first-order valence-corrected chi connectivity index (χ1v) is 5.93. The van der Waals surface area contributed by atoms with Crippen molar-refractivity contribution in [1.29, 1.82) is 0 Å². The van der Waals surface area contributed by atoms with Crippen LogP contribution in [0, 0.1) is 0 Å². The Morgan fingerprint density at radius 2 is 2.24 bits per heavy atom. The summed E-state index contributed by atoms with van der Waals surface area (Å²) >= 11 is 0. The zero-order valence-electron chi connectivity index (χ0n) is 10.5. The molecule has 0 aromatic heterocycles. The van der Waals surface area contributed by atoms with Gasteiger partial charge in [0.05, 0.1) is 6.61 Å². The maximum Gasteiger partial charge on any atom is 0.234 e. The van der Waals surface area contributed by atoms with E-state index in [1.54, 1.807) is 7.05 Å². The van der Waals surface area contributed by atoms with E-state index in [2.05, 4.69) is 23.8 Å². The van der Waals surface area contributed by atoms with Gasteiger partial charge in [0, 0.05) is 13.5 Å². The maximum atomic E-state index is 11.1. The van der Waals surface area contributed by atoms with Crippen LogP contribution in [0.1, 0.15) is 25.3 Å². The Morgan fingerprint density at radius 3 is 2.94 bits per heavy atom. The molecule has 1 rings (SSSR count). The van der Waals surface area contributed by atoms with Gasteiger partial charge in [0.15, 0.2) is 0 Å². The largest absolute Gasteiger partial charge is 0.494 e. The van der Waals surface area contributed by atoms with E-state index in [1.165, 1.54) is 5.56 Å². The Morgan fingerprint density at radius 1 is 1.41 bits per heavy atom. The Hall–Kier alpha value is -1.55. The molecule has 0 radical (unpaired) electrons. The molecule has 4 nitrogen and oxygen atoms in total. The first-order chi connectivity index (χ1) is 8.26. The van der Waals surface area contributed by atoms with Crippen LogP contribution in [0.3, 0.4) is 0 Å². The molecule has 0 aliphatic carbocycles. The Bertz CT molecular complexity index is 353.